The molecule has 0 radical (unpaired) electrons. The van der Waals surface area contributed by atoms with Gasteiger partial charge in [0.25, 0.3) is 0 Å². The summed E-state index contributed by atoms with van der Waals surface area (Å²) in [6, 6.07) is -0.0948. The summed E-state index contributed by atoms with van der Waals surface area (Å²) in [6.07, 6.45) is -1.28. The second kappa shape index (κ2) is 10.6. The number of barbiturate groups is 1. The third kappa shape index (κ3) is 5.51. The number of halogens is 2. The molecule has 4 rings (SSSR count). The lowest BCUT2D eigenvalue weighted by Crippen LogP contribution is -2.62. The van der Waals surface area contributed by atoms with Gasteiger partial charge in [0, 0.05) is 54.6 Å². The molecule has 3 unspecified atom stereocenters. The highest BCUT2D eigenvalue weighted by atomic mass is 32.2. The highest BCUT2D eigenvalue weighted by Gasteiger charge is 2.46. The molecule has 36 heavy (non-hydrogen) atoms. The van der Waals surface area contributed by atoms with E-state index in [2.05, 4.69) is 10.0 Å². The molecular formula is C24H31F2N3O6S. The number of imide groups is 2. The first-order chi connectivity index (χ1) is 17.0. The van der Waals surface area contributed by atoms with Gasteiger partial charge in [0.2, 0.25) is 11.8 Å². The molecule has 3 heterocycles. The van der Waals surface area contributed by atoms with E-state index in [4.69, 9.17) is 9.47 Å². The molecule has 1 aromatic rings. The van der Waals surface area contributed by atoms with Gasteiger partial charge in [-0.1, -0.05) is 0 Å². The van der Waals surface area contributed by atoms with Crippen LogP contribution in [-0.4, -0.2) is 64.1 Å². The summed E-state index contributed by atoms with van der Waals surface area (Å²) < 4.78 is 56.6. The van der Waals surface area contributed by atoms with Crippen molar-refractivity contribution in [1.29, 1.82) is 0 Å². The van der Waals surface area contributed by atoms with Crippen LogP contribution in [0.1, 0.15) is 57.2 Å². The van der Waals surface area contributed by atoms with Crippen LogP contribution in [0.15, 0.2) is 12.1 Å². The summed E-state index contributed by atoms with van der Waals surface area (Å²) >= 11 is -1.80. The Morgan fingerprint density at radius 3 is 2.58 bits per heavy atom. The van der Waals surface area contributed by atoms with Crippen LogP contribution in [0.5, 0.6) is 5.75 Å². The zero-order valence-electron chi connectivity index (χ0n) is 20.5. The molecule has 0 saturated carbocycles. The second-order valence-electron chi connectivity index (χ2n) is 10.2. The van der Waals surface area contributed by atoms with E-state index in [1.165, 1.54) is 12.1 Å². The number of benzene rings is 1. The molecule has 0 spiro atoms. The van der Waals surface area contributed by atoms with Gasteiger partial charge in [-0.05, 0) is 45.7 Å². The summed E-state index contributed by atoms with van der Waals surface area (Å²) in [5, 5.41) is 2.15. The van der Waals surface area contributed by atoms with Crippen molar-refractivity contribution in [3.8, 4) is 5.75 Å². The molecular weight excluding hydrogens is 496 g/mol. The van der Waals surface area contributed by atoms with Crippen molar-refractivity contribution in [2.75, 3.05) is 19.8 Å². The van der Waals surface area contributed by atoms with Gasteiger partial charge in [-0.15, -0.1) is 4.72 Å². The first-order valence-electron chi connectivity index (χ1n) is 12.0. The molecule has 0 aromatic heterocycles. The molecule has 4 amide bonds. The van der Waals surface area contributed by atoms with Crippen LogP contribution >= 0.6 is 0 Å². The molecule has 9 nitrogen and oxygen atoms in total. The van der Waals surface area contributed by atoms with Gasteiger partial charge < -0.3 is 14.0 Å². The summed E-state index contributed by atoms with van der Waals surface area (Å²) in [5.74, 6) is -3.50. The lowest BCUT2D eigenvalue weighted by atomic mass is 9.90. The van der Waals surface area contributed by atoms with Crippen molar-refractivity contribution in [1.82, 2.24) is 14.9 Å². The van der Waals surface area contributed by atoms with E-state index in [-0.39, 0.29) is 5.56 Å². The normalized spacial score (nSPS) is 23.7. The second-order valence-corrected chi connectivity index (χ2v) is 12.2. The van der Waals surface area contributed by atoms with Crippen LogP contribution in [0.25, 0.3) is 0 Å². The lowest BCUT2D eigenvalue weighted by molar-refractivity contribution is -0.146. The summed E-state index contributed by atoms with van der Waals surface area (Å²) in [6.45, 7) is 6.12. The summed E-state index contributed by atoms with van der Waals surface area (Å²) in [5.41, 5.74) is 0.539. The van der Waals surface area contributed by atoms with E-state index in [0.29, 0.717) is 50.4 Å². The Labute approximate surface area is 211 Å². The quantitative estimate of drug-likeness (QED) is 0.413. The highest BCUT2D eigenvalue weighted by Crippen LogP contribution is 2.36. The zero-order chi connectivity index (χ0) is 26.2. The molecule has 1 aromatic carbocycles. The topological polar surface area (TPSA) is 120 Å². The predicted molar refractivity (Wildman–Crippen MR) is 127 cm³/mol. The van der Waals surface area contributed by atoms with E-state index in [9.17, 15) is 18.9 Å². The molecule has 3 aliphatic heterocycles. The van der Waals surface area contributed by atoms with Crippen LogP contribution in [-0.2, 0) is 32.1 Å². The average molecular weight is 528 g/mol. The van der Waals surface area contributed by atoms with E-state index in [1.807, 2.05) is 0 Å². The Hall–Kier alpha value is -2.28. The monoisotopic (exact) mass is 527 g/mol. The lowest BCUT2D eigenvalue weighted by Gasteiger charge is -2.38. The number of fused-ring (bicyclic) bond motifs is 1. The molecule has 0 aliphatic carbocycles. The molecule has 2 N–H and O–H groups in total. The zero-order valence-corrected chi connectivity index (χ0v) is 21.3. The van der Waals surface area contributed by atoms with E-state index < -0.39 is 70.4 Å². The maximum atomic E-state index is 16.0. The molecule has 3 aliphatic rings. The van der Waals surface area contributed by atoms with Crippen molar-refractivity contribution >= 4 is 29.2 Å². The fraction of sp³-hybridized carbons (Fsp3) is 0.625. The fourth-order valence-corrected chi connectivity index (χ4v) is 5.42. The predicted octanol–water partition coefficient (Wildman–Crippen LogP) is 2.46. The Bertz CT molecular complexity index is 1030. The third-order valence-corrected chi connectivity index (χ3v) is 8.19. The van der Waals surface area contributed by atoms with Crippen LogP contribution in [0.3, 0.4) is 0 Å². The molecule has 0 bridgehead atoms. The number of nitrogens with one attached hydrogen (secondary N) is 2. The first-order valence-corrected chi connectivity index (χ1v) is 13.1. The molecule has 2 fully saturated rings. The number of hydrogen-bond acceptors (Lipinski definition) is 7. The number of nitrogens with zero attached hydrogens (tertiary/aromatic N) is 1. The van der Waals surface area contributed by atoms with Crippen LogP contribution in [0.2, 0.25) is 0 Å². The number of rotatable bonds is 7. The van der Waals surface area contributed by atoms with Gasteiger partial charge in [0.1, 0.15) is 34.4 Å². The Balaban J connectivity index is 1.61. The Morgan fingerprint density at radius 2 is 1.92 bits per heavy atom. The van der Waals surface area contributed by atoms with E-state index in [0.717, 1.165) is 4.90 Å². The molecule has 4 atom stereocenters. The SMILES string of the molecule is CC(C)(C)[S@@+]([O-])NC(c1cc2c(cc1F)CCO2)C(F)CC1C(=O)NC(=O)N(C2CCOCC2)C1=O. The van der Waals surface area contributed by atoms with Crippen molar-refractivity contribution in [2.45, 2.75) is 69.5 Å². The first kappa shape index (κ1) is 26.8. The number of ether oxygens (including phenoxy) is 2. The van der Waals surface area contributed by atoms with E-state index >= 15 is 8.78 Å². The van der Waals surface area contributed by atoms with Crippen molar-refractivity contribution in [3.63, 3.8) is 0 Å². The number of carbonyl (C=O) groups excluding carboxylic acids is 3. The maximum Gasteiger partial charge on any atom is 0.331 e. The fourth-order valence-electron chi connectivity index (χ4n) is 4.56. The van der Waals surface area contributed by atoms with Gasteiger partial charge in [-0.2, -0.15) is 0 Å². The molecule has 2 saturated heterocycles. The van der Waals surface area contributed by atoms with Gasteiger partial charge in [-0.3, -0.25) is 19.8 Å². The minimum atomic E-state index is -1.99. The smallest absolute Gasteiger partial charge is 0.331 e. The molecule has 198 valence electrons. The number of amides is 4. The standard InChI is InChI=1S/C24H31F2N3O6S/c1-24(2,3)36(33)28-20(15-12-19-13(4-9-35-19)10-17(15)25)18(26)11-16-21(30)27-23(32)29(22(16)31)14-5-7-34-8-6-14/h10,12,14,16,18,20,28H,4-9,11H2,1-3H3,(H,27,30,32)/t16?,18?,20?,36-/m1/s1. The minimum absolute atomic E-state index is 0.109. The third-order valence-electron chi connectivity index (χ3n) is 6.61. The highest BCUT2D eigenvalue weighted by molar-refractivity contribution is 7.90. The number of carbonyl (C=O) groups is 3. The van der Waals surface area contributed by atoms with Gasteiger partial charge in [0.05, 0.1) is 6.61 Å². The van der Waals surface area contributed by atoms with Crippen LogP contribution < -0.4 is 14.8 Å². The van der Waals surface area contributed by atoms with Crippen molar-refractivity contribution < 1.29 is 37.2 Å². The average Bonchev–Trinajstić information content (AvgIpc) is 3.26. The Kier molecular flexibility index (Phi) is 7.89. The van der Waals surface area contributed by atoms with Crippen LogP contribution in [0.4, 0.5) is 13.6 Å². The van der Waals surface area contributed by atoms with Gasteiger partial charge in [0.15, 0.2) is 0 Å². The van der Waals surface area contributed by atoms with Crippen molar-refractivity contribution in [2.24, 2.45) is 5.92 Å². The largest absolute Gasteiger partial charge is 0.598 e. The minimum Gasteiger partial charge on any atom is -0.598 e. The molecule has 12 heteroatoms. The summed E-state index contributed by atoms with van der Waals surface area (Å²) in [7, 11) is 0. The number of urea groups is 1. The number of hydrogen-bond donors (Lipinski definition) is 2. The van der Waals surface area contributed by atoms with E-state index in [1.54, 1.807) is 20.8 Å². The van der Waals surface area contributed by atoms with Gasteiger partial charge in [-0.25, -0.2) is 13.6 Å². The summed E-state index contributed by atoms with van der Waals surface area (Å²) in [4.78, 5) is 39.2. The van der Waals surface area contributed by atoms with Gasteiger partial charge >= 0.3 is 6.03 Å². The number of alkyl halides is 1. The van der Waals surface area contributed by atoms with Crippen molar-refractivity contribution in [3.05, 3.63) is 29.1 Å². The Morgan fingerprint density at radius 1 is 1.22 bits per heavy atom. The maximum absolute atomic E-state index is 16.0. The van der Waals surface area contributed by atoms with Crippen LogP contribution in [0, 0.1) is 11.7 Å².